The molecule has 0 saturated carbocycles. The van der Waals surface area contributed by atoms with Gasteiger partial charge in [0.05, 0.1) is 24.8 Å². The average molecular weight is 453 g/mol. The lowest BCUT2D eigenvalue weighted by Crippen LogP contribution is -2.47. The first-order chi connectivity index (χ1) is 15.9. The number of likely N-dealkylation sites (N-methyl/N-ethyl adjacent to an activating group) is 1. The molecule has 1 unspecified atom stereocenters. The van der Waals surface area contributed by atoms with Gasteiger partial charge in [0.1, 0.15) is 0 Å². The Balaban J connectivity index is 1.46. The van der Waals surface area contributed by atoms with Crippen LogP contribution in [0.15, 0.2) is 24.3 Å². The average Bonchev–Trinajstić information content (AvgIpc) is 3.42. The Morgan fingerprint density at radius 2 is 1.91 bits per heavy atom. The van der Waals surface area contributed by atoms with E-state index in [0.29, 0.717) is 25.4 Å². The number of hydrogen-bond donors (Lipinski definition) is 0. The topological polar surface area (TPSA) is 84.7 Å². The van der Waals surface area contributed by atoms with E-state index in [4.69, 9.17) is 4.74 Å². The molecule has 2 aliphatic rings. The normalized spacial score (nSPS) is 17.5. The predicted molar refractivity (Wildman–Crippen MR) is 123 cm³/mol. The Hall–Kier alpha value is -3.16. The highest BCUT2D eigenvalue weighted by atomic mass is 16.5. The van der Waals surface area contributed by atoms with Gasteiger partial charge in [-0.3, -0.25) is 14.4 Å². The Kier molecular flexibility index (Phi) is 6.81. The van der Waals surface area contributed by atoms with Crippen molar-refractivity contribution in [1.29, 1.82) is 0 Å². The molecule has 8 nitrogen and oxygen atoms in total. The van der Waals surface area contributed by atoms with E-state index >= 15 is 0 Å². The zero-order chi connectivity index (χ0) is 23.5. The number of rotatable bonds is 6. The molecule has 8 heteroatoms. The van der Waals surface area contributed by atoms with Crippen LogP contribution < -0.4 is 0 Å². The largest absolute Gasteiger partial charge is 0.466 e. The minimum absolute atomic E-state index is 0.0411. The zero-order valence-corrected chi connectivity index (χ0v) is 19.7. The number of ether oxygens (including phenoxy) is 1. The Labute approximate surface area is 194 Å². The van der Waals surface area contributed by atoms with Crippen molar-refractivity contribution < 1.29 is 19.1 Å². The Morgan fingerprint density at radius 3 is 2.64 bits per heavy atom. The molecule has 0 spiro atoms. The van der Waals surface area contributed by atoms with Gasteiger partial charge in [0.25, 0.3) is 5.91 Å². The van der Waals surface area contributed by atoms with Gasteiger partial charge in [-0.05, 0) is 58.1 Å². The number of nitrogens with zero attached hydrogens (tertiary/aromatic N) is 4. The minimum atomic E-state index is -0.294. The second-order valence-electron chi connectivity index (χ2n) is 8.97. The summed E-state index contributed by atoms with van der Waals surface area (Å²) >= 11 is 0. The summed E-state index contributed by atoms with van der Waals surface area (Å²) in [4.78, 5) is 41.4. The van der Waals surface area contributed by atoms with E-state index in [9.17, 15) is 14.4 Å². The molecule has 2 heterocycles. The monoisotopic (exact) mass is 452 g/mol. The Bertz CT molecular complexity index is 1040. The second kappa shape index (κ2) is 9.77. The van der Waals surface area contributed by atoms with Gasteiger partial charge in [0.15, 0.2) is 5.69 Å². The zero-order valence-electron chi connectivity index (χ0n) is 19.7. The summed E-state index contributed by atoms with van der Waals surface area (Å²) in [6, 6.07) is 8.09. The molecule has 1 aromatic carbocycles. The smallest absolute Gasteiger partial charge is 0.310 e. The molecule has 176 valence electrons. The molecular weight excluding hydrogens is 420 g/mol. The number of esters is 1. The summed E-state index contributed by atoms with van der Waals surface area (Å²) in [7, 11) is 1.64. The maximum atomic E-state index is 13.3. The number of amides is 2. The van der Waals surface area contributed by atoms with Crippen LogP contribution in [0.25, 0.3) is 5.69 Å². The first-order valence-corrected chi connectivity index (χ1v) is 11.8. The highest BCUT2D eigenvalue weighted by Gasteiger charge is 2.32. The number of carbonyl (C=O) groups excluding carboxylic acids is 3. The summed E-state index contributed by atoms with van der Waals surface area (Å²) in [6.45, 7) is 5.04. The van der Waals surface area contributed by atoms with Crippen LogP contribution in [0.4, 0.5) is 0 Å². The van der Waals surface area contributed by atoms with Crippen molar-refractivity contribution in [2.45, 2.75) is 46.0 Å². The molecule has 0 radical (unpaired) electrons. The highest BCUT2D eigenvalue weighted by molar-refractivity contribution is 5.96. The molecule has 1 atom stereocenters. The van der Waals surface area contributed by atoms with E-state index in [1.54, 1.807) is 18.9 Å². The quantitative estimate of drug-likeness (QED) is 0.629. The summed E-state index contributed by atoms with van der Waals surface area (Å²) < 4.78 is 7.00. The van der Waals surface area contributed by atoms with Gasteiger partial charge in [-0.1, -0.05) is 17.7 Å². The third-order valence-corrected chi connectivity index (χ3v) is 6.52. The first kappa shape index (κ1) is 23.0. The molecule has 2 aromatic rings. The van der Waals surface area contributed by atoms with Crippen LogP contribution in [-0.4, -0.2) is 70.7 Å². The number of likely N-dealkylation sites (tertiary alicyclic amines) is 1. The number of hydrogen-bond acceptors (Lipinski definition) is 5. The lowest BCUT2D eigenvalue weighted by atomic mass is 9.98. The summed E-state index contributed by atoms with van der Waals surface area (Å²) in [5, 5.41) is 4.67. The minimum Gasteiger partial charge on any atom is -0.466 e. The van der Waals surface area contributed by atoms with Crippen LogP contribution in [0.1, 0.15) is 53.5 Å². The van der Waals surface area contributed by atoms with Crippen LogP contribution in [-0.2, 0) is 27.2 Å². The molecule has 33 heavy (non-hydrogen) atoms. The summed E-state index contributed by atoms with van der Waals surface area (Å²) in [6.07, 6.45) is 4.17. The molecule has 1 fully saturated rings. The fourth-order valence-electron chi connectivity index (χ4n) is 4.72. The van der Waals surface area contributed by atoms with Crippen LogP contribution in [0.2, 0.25) is 0 Å². The molecular formula is C25H32N4O4. The molecule has 0 N–H and O–H groups in total. The molecule has 1 aliphatic heterocycles. The van der Waals surface area contributed by atoms with E-state index in [2.05, 4.69) is 5.10 Å². The van der Waals surface area contributed by atoms with Gasteiger partial charge in [0.2, 0.25) is 5.91 Å². The van der Waals surface area contributed by atoms with Gasteiger partial charge < -0.3 is 14.5 Å². The number of fused-ring (bicyclic) bond motifs is 1. The van der Waals surface area contributed by atoms with E-state index < -0.39 is 0 Å². The van der Waals surface area contributed by atoms with Crippen molar-refractivity contribution in [2.75, 3.05) is 33.3 Å². The Morgan fingerprint density at radius 1 is 1.15 bits per heavy atom. The molecule has 1 saturated heterocycles. The van der Waals surface area contributed by atoms with Crippen molar-refractivity contribution in [3.05, 3.63) is 46.8 Å². The summed E-state index contributed by atoms with van der Waals surface area (Å²) in [5.41, 5.74) is 4.60. The van der Waals surface area contributed by atoms with E-state index in [1.807, 2.05) is 35.9 Å². The van der Waals surface area contributed by atoms with Gasteiger partial charge in [0, 0.05) is 31.4 Å². The van der Waals surface area contributed by atoms with E-state index in [0.717, 1.165) is 49.0 Å². The predicted octanol–water partition coefficient (Wildman–Crippen LogP) is 2.54. The van der Waals surface area contributed by atoms with Crippen molar-refractivity contribution in [1.82, 2.24) is 19.6 Å². The number of aryl methyl sites for hydroxylation is 1. The van der Waals surface area contributed by atoms with Crippen LogP contribution in [0.3, 0.4) is 0 Å². The van der Waals surface area contributed by atoms with Crippen molar-refractivity contribution in [3.8, 4) is 5.69 Å². The van der Waals surface area contributed by atoms with E-state index in [1.165, 1.54) is 10.5 Å². The standard InChI is InChI=1S/C25H32N4O4/c1-4-33-25(32)18-7-6-14-28(15-18)22(30)16-27(3)24(31)23-20-8-5-9-21(20)29(26-23)19-12-10-17(2)11-13-19/h10-13,18H,4-9,14-16H2,1-3H3. The molecule has 2 amide bonds. The summed E-state index contributed by atoms with van der Waals surface area (Å²) in [5.74, 6) is -0.949. The molecule has 4 rings (SSSR count). The highest BCUT2D eigenvalue weighted by Crippen LogP contribution is 2.28. The SMILES string of the molecule is CCOC(=O)C1CCCN(C(=O)CN(C)C(=O)c2nn(-c3ccc(C)cc3)c3c2CCC3)C1. The van der Waals surface area contributed by atoms with Gasteiger partial charge >= 0.3 is 5.97 Å². The maximum Gasteiger partial charge on any atom is 0.310 e. The van der Waals surface area contributed by atoms with Crippen molar-refractivity contribution in [3.63, 3.8) is 0 Å². The van der Waals surface area contributed by atoms with Crippen LogP contribution in [0, 0.1) is 12.8 Å². The van der Waals surface area contributed by atoms with Crippen LogP contribution >= 0.6 is 0 Å². The number of carbonyl (C=O) groups is 3. The number of aromatic nitrogens is 2. The molecule has 1 aromatic heterocycles. The first-order valence-electron chi connectivity index (χ1n) is 11.8. The van der Waals surface area contributed by atoms with Crippen LogP contribution in [0.5, 0.6) is 0 Å². The van der Waals surface area contributed by atoms with E-state index in [-0.39, 0.29) is 30.2 Å². The number of benzene rings is 1. The molecule has 0 bridgehead atoms. The second-order valence-corrected chi connectivity index (χ2v) is 8.97. The third-order valence-electron chi connectivity index (χ3n) is 6.52. The fraction of sp³-hybridized carbons (Fsp3) is 0.520. The van der Waals surface area contributed by atoms with Gasteiger partial charge in [-0.2, -0.15) is 5.10 Å². The molecule has 1 aliphatic carbocycles. The third kappa shape index (κ3) is 4.79. The fourth-order valence-corrected chi connectivity index (χ4v) is 4.72. The van der Waals surface area contributed by atoms with Crippen molar-refractivity contribution in [2.24, 2.45) is 5.92 Å². The number of piperidine rings is 1. The lowest BCUT2D eigenvalue weighted by molar-refractivity contribution is -0.151. The van der Waals surface area contributed by atoms with Crippen molar-refractivity contribution >= 4 is 17.8 Å². The van der Waals surface area contributed by atoms with Gasteiger partial charge in [-0.25, -0.2) is 4.68 Å². The lowest BCUT2D eigenvalue weighted by Gasteiger charge is -2.32. The van der Waals surface area contributed by atoms with Gasteiger partial charge in [-0.15, -0.1) is 0 Å². The maximum absolute atomic E-state index is 13.3.